The van der Waals surface area contributed by atoms with E-state index in [0.717, 1.165) is 12.1 Å². The smallest absolute Gasteiger partial charge is 0.445 e. The quantitative estimate of drug-likeness (QED) is 0.494. The van der Waals surface area contributed by atoms with Gasteiger partial charge in [-0.1, -0.05) is 24.3 Å². The summed E-state index contributed by atoms with van der Waals surface area (Å²) in [7, 11) is 0. The molecule has 1 aromatic rings. The fourth-order valence-electron chi connectivity index (χ4n) is 1.54. The van der Waals surface area contributed by atoms with Crippen molar-refractivity contribution in [3.05, 3.63) is 29.8 Å². The number of rotatable bonds is 2. The van der Waals surface area contributed by atoms with Gasteiger partial charge >= 0.3 is 58.4 Å². The fraction of sp³-hybridized carbons (Fsp3) is 0.222. The summed E-state index contributed by atoms with van der Waals surface area (Å²) in [6.07, 6.45) is 0.272. The van der Waals surface area contributed by atoms with E-state index in [-0.39, 0.29) is 69.8 Å². The normalized spacial score (nSPS) is 19.4. The number of carbonyl (C=O) groups excluding carboxylic acids is 1. The fourth-order valence-corrected chi connectivity index (χ4v) is 1.54. The minimum Gasteiger partial charge on any atom is -0.445 e. The second-order valence-corrected chi connectivity index (χ2v) is 3.57. The summed E-state index contributed by atoms with van der Waals surface area (Å²) in [5.74, 6) is -0.122. The Balaban J connectivity index is 0.00000128. The van der Waals surface area contributed by atoms with Gasteiger partial charge in [-0.3, -0.25) is 4.79 Å². The molecule has 1 saturated heterocycles. The number of carbonyl (C=O) groups is 1. The Labute approximate surface area is 133 Å². The van der Waals surface area contributed by atoms with E-state index in [1.807, 2.05) is 0 Å². The second-order valence-electron chi connectivity index (χ2n) is 3.57. The summed E-state index contributed by atoms with van der Waals surface area (Å²) < 4.78 is 37.2. The molecule has 2 rings (SSSR count). The maximum absolute atomic E-state index is 12.4. The molecule has 16 heavy (non-hydrogen) atoms. The van der Waals surface area contributed by atoms with Crippen LogP contribution in [0.4, 0.5) is 12.9 Å². The van der Waals surface area contributed by atoms with E-state index in [0.29, 0.717) is 5.56 Å². The third kappa shape index (κ3) is 3.10. The van der Waals surface area contributed by atoms with Gasteiger partial charge in [0.2, 0.25) is 5.91 Å². The van der Waals surface area contributed by atoms with Crippen molar-refractivity contribution in [1.82, 2.24) is 5.32 Å². The van der Waals surface area contributed by atoms with Gasteiger partial charge in [-0.15, -0.1) is 5.46 Å². The minimum atomic E-state index is -4.96. The summed E-state index contributed by atoms with van der Waals surface area (Å²) >= 11 is 0. The van der Waals surface area contributed by atoms with Gasteiger partial charge in [0, 0.05) is 0 Å². The average Bonchev–Trinajstić information content (AvgIpc) is 2.12. The first-order valence-electron chi connectivity index (χ1n) is 4.56. The summed E-state index contributed by atoms with van der Waals surface area (Å²) in [4.78, 5) is 10.6. The Morgan fingerprint density at radius 2 is 1.94 bits per heavy atom. The van der Waals surface area contributed by atoms with Gasteiger partial charge in [-0.25, -0.2) is 0 Å². The van der Waals surface area contributed by atoms with E-state index in [2.05, 4.69) is 5.32 Å². The molecule has 0 spiro atoms. The number of amides is 1. The first-order chi connectivity index (χ1) is 6.97. The first-order valence-corrected chi connectivity index (χ1v) is 4.56. The van der Waals surface area contributed by atoms with Gasteiger partial charge in [-0.05, 0) is 5.56 Å². The molecule has 0 bridgehead atoms. The molecule has 1 aliphatic rings. The van der Waals surface area contributed by atoms with Crippen LogP contribution in [0.5, 0.6) is 0 Å². The number of β-lactam (4-membered cyclic amide) rings is 1. The molecule has 1 aromatic carbocycles. The predicted molar refractivity (Wildman–Crippen MR) is 50.7 cm³/mol. The van der Waals surface area contributed by atoms with Crippen molar-refractivity contribution in [2.75, 3.05) is 0 Å². The van der Waals surface area contributed by atoms with Crippen molar-refractivity contribution < 1.29 is 69.1 Å². The number of benzene rings is 1. The number of nitrogens with one attached hydrogen (secondary N) is 1. The number of hydrogen-bond donors (Lipinski definition) is 1. The average molecular weight is 253 g/mol. The van der Waals surface area contributed by atoms with Crippen LogP contribution in [-0.2, 0) is 4.79 Å². The summed E-state index contributed by atoms with van der Waals surface area (Å²) in [5.41, 5.74) is -0.0973. The largest absolute Gasteiger partial charge is 1.00 e. The van der Waals surface area contributed by atoms with E-state index in [1.54, 1.807) is 6.07 Å². The molecule has 0 radical (unpaired) electrons. The van der Waals surface area contributed by atoms with Gasteiger partial charge in [-0.2, -0.15) is 0 Å². The maximum atomic E-state index is 12.4. The molecule has 2 nitrogen and oxygen atoms in total. The van der Waals surface area contributed by atoms with E-state index in [4.69, 9.17) is 0 Å². The second kappa shape index (κ2) is 5.22. The molecular formula is C9H8BF3KNO. The Kier molecular flexibility index (Phi) is 4.65. The predicted octanol–water partition coefficient (Wildman–Crippen LogP) is -1.69. The molecule has 1 atom stereocenters. The van der Waals surface area contributed by atoms with Crippen LogP contribution in [0.25, 0.3) is 0 Å². The third-order valence-electron chi connectivity index (χ3n) is 2.42. The van der Waals surface area contributed by atoms with E-state index in [1.165, 1.54) is 6.07 Å². The van der Waals surface area contributed by atoms with Crippen molar-refractivity contribution in [3.63, 3.8) is 0 Å². The van der Waals surface area contributed by atoms with Crippen LogP contribution in [0.3, 0.4) is 0 Å². The first kappa shape index (κ1) is 14.2. The molecular weight excluding hydrogens is 245 g/mol. The Hall–Kier alpha value is 0.181. The van der Waals surface area contributed by atoms with Crippen LogP contribution < -0.4 is 62.2 Å². The van der Waals surface area contributed by atoms with Gasteiger partial charge < -0.3 is 18.3 Å². The zero-order valence-electron chi connectivity index (χ0n) is 8.71. The molecule has 7 heteroatoms. The zero-order chi connectivity index (χ0) is 11.1. The molecule has 1 aliphatic heterocycles. The minimum absolute atomic E-state index is 0. The van der Waals surface area contributed by atoms with Gasteiger partial charge in [0.1, 0.15) is 0 Å². The van der Waals surface area contributed by atoms with E-state index < -0.39 is 12.4 Å². The van der Waals surface area contributed by atoms with Gasteiger partial charge in [0.15, 0.2) is 0 Å². The molecule has 1 unspecified atom stereocenters. The Bertz CT molecular complexity index is 402. The van der Waals surface area contributed by atoms with E-state index in [9.17, 15) is 17.7 Å². The molecule has 1 N–H and O–H groups in total. The summed E-state index contributed by atoms with van der Waals surface area (Å²) in [6.45, 7) is -4.96. The van der Waals surface area contributed by atoms with Crippen molar-refractivity contribution in [2.45, 2.75) is 12.5 Å². The maximum Gasteiger partial charge on any atom is 1.00 e. The monoisotopic (exact) mass is 253 g/mol. The molecule has 1 heterocycles. The van der Waals surface area contributed by atoms with Gasteiger partial charge in [0.25, 0.3) is 0 Å². The van der Waals surface area contributed by atoms with Crippen molar-refractivity contribution in [2.24, 2.45) is 0 Å². The molecule has 1 amide bonds. The molecule has 1 fully saturated rings. The summed E-state index contributed by atoms with van der Waals surface area (Å²) in [5, 5.41) is 2.54. The molecule has 0 aromatic heterocycles. The van der Waals surface area contributed by atoms with Crippen molar-refractivity contribution in [1.29, 1.82) is 0 Å². The van der Waals surface area contributed by atoms with Gasteiger partial charge in [0.05, 0.1) is 12.5 Å². The van der Waals surface area contributed by atoms with Crippen LogP contribution >= 0.6 is 0 Å². The van der Waals surface area contributed by atoms with Crippen LogP contribution in [0.15, 0.2) is 24.3 Å². The SMILES string of the molecule is O=C1CC(c2cccc([B-](F)(F)F)c2)N1.[K+]. The van der Waals surface area contributed by atoms with Crippen LogP contribution in [0.2, 0.25) is 0 Å². The van der Waals surface area contributed by atoms with Crippen molar-refractivity contribution >= 4 is 18.3 Å². The molecule has 0 saturated carbocycles. The topological polar surface area (TPSA) is 29.1 Å². The van der Waals surface area contributed by atoms with Crippen LogP contribution in [0.1, 0.15) is 18.0 Å². The van der Waals surface area contributed by atoms with E-state index >= 15 is 0 Å². The molecule has 0 aliphatic carbocycles. The number of halogens is 3. The van der Waals surface area contributed by atoms with Crippen LogP contribution in [0, 0.1) is 0 Å². The van der Waals surface area contributed by atoms with Crippen LogP contribution in [-0.4, -0.2) is 12.9 Å². The van der Waals surface area contributed by atoms with Crippen molar-refractivity contribution in [3.8, 4) is 0 Å². The molecule has 80 valence electrons. The number of hydrogen-bond acceptors (Lipinski definition) is 1. The Morgan fingerprint density at radius 1 is 1.31 bits per heavy atom. The third-order valence-corrected chi connectivity index (χ3v) is 2.42. The summed E-state index contributed by atoms with van der Waals surface area (Å²) in [6, 6.07) is 4.85. The zero-order valence-corrected chi connectivity index (χ0v) is 11.8. The Morgan fingerprint density at radius 3 is 2.44 bits per heavy atom. The standard InChI is InChI=1S/C9H8BF3NO.K/c11-10(12,13)7-3-1-2-6(4-7)8-5-9(15)14-8;/h1-4,8H,5H2,(H,14,15);/q-1;+1.